The van der Waals surface area contributed by atoms with Gasteiger partial charge in [0.2, 0.25) is 0 Å². The van der Waals surface area contributed by atoms with Gasteiger partial charge >= 0.3 is 131 Å². The molecular formula is C16H20O4Se. The van der Waals surface area contributed by atoms with E-state index >= 15 is 0 Å². The van der Waals surface area contributed by atoms with Gasteiger partial charge in [-0.1, -0.05) is 0 Å². The number of carbonyl (C=O) groups is 1. The number of ether oxygens (including phenoxy) is 3. The molecule has 0 aromatic heterocycles. The second-order valence-corrected chi connectivity index (χ2v) is 8.86. The van der Waals surface area contributed by atoms with Crippen molar-refractivity contribution >= 4 is 25.4 Å². The fourth-order valence-electron chi connectivity index (χ4n) is 2.56. The molecule has 0 amide bonds. The Morgan fingerprint density at radius 3 is 2.71 bits per heavy atom. The molecule has 3 atom stereocenters. The van der Waals surface area contributed by atoms with Crippen molar-refractivity contribution in [3.63, 3.8) is 0 Å². The van der Waals surface area contributed by atoms with Crippen LogP contribution in [-0.2, 0) is 19.0 Å². The summed E-state index contributed by atoms with van der Waals surface area (Å²) < 4.78 is 18.2. The summed E-state index contributed by atoms with van der Waals surface area (Å²) in [6.45, 7) is 5.10. The zero-order valence-electron chi connectivity index (χ0n) is 12.3. The van der Waals surface area contributed by atoms with Crippen molar-refractivity contribution < 1.29 is 19.0 Å². The SMILES string of the molecule is CC1(C)COC(=O)[C@@H]1O[C@@H]1OCC[C@H]1[Se]c1ccccc1. The van der Waals surface area contributed by atoms with Gasteiger partial charge in [0.1, 0.15) is 0 Å². The molecule has 4 nitrogen and oxygen atoms in total. The number of benzene rings is 1. The standard InChI is InChI=1S/C16H20O4Se/c1-16(2)10-19-14(17)13(16)20-15-12(8-9-18-15)21-11-6-4-3-5-7-11/h3-7,12-13,15H,8-10H2,1-2H3/t12-,13+,15+/m1/s1. The van der Waals surface area contributed by atoms with Gasteiger partial charge in [-0.3, -0.25) is 0 Å². The molecular weight excluding hydrogens is 335 g/mol. The second-order valence-electron chi connectivity index (χ2n) is 6.11. The van der Waals surface area contributed by atoms with Crippen LogP contribution in [0.25, 0.3) is 0 Å². The number of hydrogen-bond donors (Lipinski definition) is 0. The van der Waals surface area contributed by atoms with Gasteiger partial charge in [-0.15, -0.1) is 0 Å². The minimum absolute atomic E-state index is 0.263. The van der Waals surface area contributed by atoms with E-state index in [2.05, 4.69) is 24.3 Å². The van der Waals surface area contributed by atoms with Crippen LogP contribution in [0.15, 0.2) is 30.3 Å². The van der Waals surface area contributed by atoms with Crippen LogP contribution in [0.5, 0.6) is 0 Å². The molecule has 2 fully saturated rings. The average molecular weight is 355 g/mol. The number of carbonyl (C=O) groups excluding carboxylic acids is 1. The molecule has 2 heterocycles. The van der Waals surface area contributed by atoms with E-state index < -0.39 is 6.10 Å². The van der Waals surface area contributed by atoms with E-state index in [4.69, 9.17) is 14.2 Å². The quantitative estimate of drug-likeness (QED) is 0.607. The summed E-state index contributed by atoms with van der Waals surface area (Å²) in [5.74, 6) is -0.263. The molecule has 1 aromatic carbocycles. The molecule has 0 unspecified atom stereocenters. The van der Waals surface area contributed by atoms with Gasteiger partial charge in [0.05, 0.1) is 0 Å². The summed E-state index contributed by atoms with van der Waals surface area (Å²) in [4.78, 5) is 12.2. The van der Waals surface area contributed by atoms with E-state index in [-0.39, 0.29) is 32.6 Å². The zero-order chi connectivity index (χ0) is 14.9. The van der Waals surface area contributed by atoms with Crippen molar-refractivity contribution in [2.24, 2.45) is 5.41 Å². The Kier molecular flexibility index (Phi) is 4.36. The Balaban J connectivity index is 1.66. The van der Waals surface area contributed by atoms with E-state index in [0.29, 0.717) is 18.0 Å². The maximum absolute atomic E-state index is 11.8. The first kappa shape index (κ1) is 15.0. The second kappa shape index (κ2) is 6.09. The Hall–Kier alpha value is -0.871. The average Bonchev–Trinajstić information content (AvgIpc) is 3.00. The molecule has 5 heteroatoms. The first-order valence-corrected chi connectivity index (χ1v) is 9.06. The summed E-state index contributed by atoms with van der Waals surface area (Å²) in [7, 11) is 0. The van der Waals surface area contributed by atoms with Gasteiger partial charge in [0.15, 0.2) is 0 Å². The summed E-state index contributed by atoms with van der Waals surface area (Å²) in [6.07, 6.45) is 0.177. The van der Waals surface area contributed by atoms with Crippen molar-refractivity contribution in [3.05, 3.63) is 30.3 Å². The maximum atomic E-state index is 11.8. The van der Waals surface area contributed by atoms with Crippen LogP contribution < -0.4 is 4.46 Å². The van der Waals surface area contributed by atoms with Crippen LogP contribution >= 0.6 is 0 Å². The van der Waals surface area contributed by atoms with E-state index in [0.717, 1.165) is 6.42 Å². The molecule has 0 saturated carbocycles. The fraction of sp³-hybridized carbons (Fsp3) is 0.562. The molecule has 114 valence electrons. The number of rotatable bonds is 4. The third kappa shape index (κ3) is 3.32. The molecule has 0 spiro atoms. The fourth-order valence-corrected chi connectivity index (χ4v) is 4.93. The summed E-state index contributed by atoms with van der Waals surface area (Å²) in [5.41, 5.74) is -0.284. The monoisotopic (exact) mass is 356 g/mol. The van der Waals surface area contributed by atoms with Gasteiger partial charge in [0, 0.05) is 0 Å². The van der Waals surface area contributed by atoms with Crippen molar-refractivity contribution in [2.45, 2.75) is 37.5 Å². The summed E-state index contributed by atoms with van der Waals surface area (Å²) >= 11 is 0.287. The first-order valence-electron chi connectivity index (χ1n) is 7.22. The van der Waals surface area contributed by atoms with E-state index in [9.17, 15) is 4.79 Å². The van der Waals surface area contributed by atoms with Crippen LogP contribution in [0.1, 0.15) is 20.3 Å². The normalized spacial score (nSPS) is 31.3. The van der Waals surface area contributed by atoms with Crippen LogP contribution in [0.4, 0.5) is 0 Å². The molecule has 0 bridgehead atoms. The predicted octanol–water partition coefficient (Wildman–Crippen LogP) is 1.52. The molecule has 21 heavy (non-hydrogen) atoms. The van der Waals surface area contributed by atoms with E-state index in [1.807, 2.05) is 19.9 Å². The summed E-state index contributed by atoms with van der Waals surface area (Å²) in [6, 6.07) is 10.4. The molecule has 1 aromatic rings. The van der Waals surface area contributed by atoms with Gasteiger partial charge in [-0.2, -0.15) is 0 Å². The van der Waals surface area contributed by atoms with Crippen molar-refractivity contribution in [1.82, 2.24) is 0 Å². The molecule has 0 radical (unpaired) electrons. The topological polar surface area (TPSA) is 44.8 Å². The zero-order valence-corrected chi connectivity index (χ0v) is 14.0. The van der Waals surface area contributed by atoms with Crippen LogP contribution in [0, 0.1) is 5.41 Å². The Bertz CT molecular complexity index is 502. The van der Waals surface area contributed by atoms with Crippen LogP contribution in [-0.4, -0.2) is 46.5 Å². The first-order chi connectivity index (χ1) is 10.1. The van der Waals surface area contributed by atoms with Gasteiger partial charge in [0.25, 0.3) is 0 Å². The van der Waals surface area contributed by atoms with Crippen molar-refractivity contribution in [3.8, 4) is 0 Å². The Morgan fingerprint density at radius 2 is 2.05 bits per heavy atom. The Labute approximate surface area is 131 Å². The minimum atomic E-state index is -0.519. The van der Waals surface area contributed by atoms with Gasteiger partial charge in [-0.05, 0) is 0 Å². The van der Waals surface area contributed by atoms with Crippen molar-refractivity contribution in [1.29, 1.82) is 0 Å². The van der Waals surface area contributed by atoms with E-state index in [1.165, 1.54) is 4.46 Å². The Morgan fingerprint density at radius 1 is 1.29 bits per heavy atom. The number of cyclic esters (lactones) is 1. The molecule has 2 aliphatic rings. The molecule has 3 rings (SSSR count). The molecule has 0 aliphatic carbocycles. The van der Waals surface area contributed by atoms with Crippen molar-refractivity contribution in [2.75, 3.05) is 13.2 Å². The molecule has 0 N–H and O–H groups in total. The summed E-state index contributed by atoms with van der Waals surface area (Å²) in [5, 5.41) is 0. The molecule has 2 aliphatic heterocycles. The predicted molar refractivity (Wildman–Crippen MR) is 79.6 cm³/mol. The van der Waals surface area contributed by atoms with E-state index in [1.54, 1.807) is 0 Å². The van der Waals surface area contributed by atoms with Gasteiger partial charge < -0.3 is 0 Å². The number of esters is 1. The molecule has 2 saturated heterocycles. The van der Waals surface area contributed by atoms with Crippen LogP contribution in [0.3, 0.4) is 0 Å². The van der Waals surface area contributed by atoms with Gasteiger partial charge in [-0.25, -0.2) is 0 Å². The number of hydrogen-bond acceptors (Lipinski definition) is 4. The third-order valence-corrected chi connectivity index (χ3v) is 6.54. The third-order valence-electron chi connectivity index (χ3n) is 3.80. The van der Waals surface area contributed by atoms with Crippen LogP contribution in [0.2, 0.25) is 4.82 Å².